The fourth-order valence-electron chi connectivity index (χ4n) is 4.38. The van der Waals surface area contributed by atoms with Crippen LogP contribution in [0.25, 0.3) is 33.4 Å². The van der Waals surface area contributed by atoms with E-state index in [1.54, 1.807) is 0 Å². The molecule has 4 rings (SSSR count). The Labute approximate surface area is 212 Å². The predicted octanol–water partition coefficient (Wildman–Crippen LogP) is 8.92. The van der Waals surface area contributed by atoms with Crippen molar-refractivity contribution >= 4 is 14.5 Å². The quantitative estimate of drug-likeness (QED) is 0.198. The SMILES string of the molecule is CC/C=C/CCc1ccc(-c2ccc(-c3ccc(-c4ccc(C(C)C)cc4)cc3)c(P)c2O)cc1. The van der Waals surface area contributed by atoms with E-state index in [1.165, 1.54) is 22.3 Å². The van der Waals surface area contributed by atoms with Gasteiger partial charge in [0.05, 0.1) is 0 Å². The summed E-state index contributed by atoms with van der Waals surface area (Å²) >= 11 is 0. The number of benzene rings is 4. The Hall–Kier alpha value is -3.15. The minimum Gasteiger partial charge on any atom is -0.507 e. The maximum Gasteiger partial charge on any atom is 0.131 e. The second-order valence-electron chi connectivity index (χ2n) is 9.39. The van der Waals surface area contributed by atoms with Gasteiger partial charge in [-0.1, -0.05) is 112 Å². The van der Waals surface area contributed by atoms with Gasteiger partial charge in [0.25, 0.3) is 0 Å². The van der Waals surface area contributed by atoms with Gasteiger partial charge in [0.1, 0.15) is 5.75 Å². The third kappa shape index (κ3) is 5.92. The van der Waals surface area contributed by atoms with Crippen LogP contribution in [-0.2, 0) is 6.42 Å². The molecule has 0 aliphatic rings. The van der Waals surface area contributed by atoms with Crippen LogP contribution >= 0.6 is 9.24 Å². The molecule has 0 aromatic heterocycles. The topological polar surface area (TPSA) is 20.2 Å². The van der Waals surface area contributed by atoms with Crippen molar-refractivity contribution in [3.05, 3.63) is 108 Å². The van der Waals surface area contributed by atoms with Crippen LogP contribution in [0.15, 0.2) is 97.1 Å². The van der Waals surface area contributed by atoms with E-state index in [9.17, 15) is 5.11 Å². The third-order valence-corrected chi connectivity index (χ3v) is 7.18. The minimum atomic E-state index is 0.319. The Morgan fingerprint density at radius 1 is 0.686 bits per heavy atom. The molecule has 1 nitrogen and oxygen atoms in total. The summed E-state index contributed by atoms with van der Waals surface area (Å²) in [5.41, 5.74) is 9.09. The van der Waals surface area contributed by atoms with E-state index < -0.39 is 0 Å². The van der Waals surface area contributed by atoms with Crippen LogP contribution in [0.3, 0.4) is 0 Å². The molecule has 178 valence electrons. The van der Waals surface area contributed by atoms with Gasteiger partial charge < -0.3 is 5.11 Å². The Balaban J connectivity index is 1.53. The highest BCUT2D eigenvalue weighted by molar-refractivity contribution is 7.28. The van der Waals surface area contributed by atoms with Gasteiger partial charge in [-0.2, -0.15) is 0 Å². The van der Waals surface area contributed by atoms with Gasteiger partial charge >= 0.3 is 0 Å². The van der Waals surface area contributed by atoms with Crippen molar-refractivity contribution in [2.75, 3.05) is 0 Å². The summed E-state index contributed by atoms with van der Waals surface area (Å²) < 4.78 is 0. The van der Waals surface area contributed by atoms with E-state index in [0.717, 1.165) is 46.8 Å². The van der Waals surface area contributed by atoms with Crippen molar-refractivity contribution in [1.82, 2.24) is 0 Å². The zero-order valence-corrected chi connectivity index (χ0v) is 22.1. The molecule has 0 amide bonds. The second-order valence-corrected chi connectivity index (χ2v) is 9.97. The van der Waals surface area contributed by atoms with Crippen molar-refractivity contribution in [2.45, 2.75) is 46.0 Å². The molecule has 2 heteroatoms. The van der Waals surface area contributed by atoms with E-state index in [-0.39, 0.29) is 0 Å². The minimum absolute atomic E-state index is 0.319. The van der Waals surface area contributed by atoms with Crippen LogP contribution in [0.1, 0.15) is 50.7 Å². The average molecular weight is 479 g/mol. The van der Waals surface area contributed by atoms with Crippen molar-refractivity contribution in [1.29, 1.82) is 0 Å². The van der Waals surface area contributed by atoms with E-state index in [0.29, 0.717) is 11.7 Å². The summed E-state index contributed by atoms with van der Waals surface area (Å²) in [5, 5.41) is 11.9. The molecule has 4 aromatic rings. The first-order chi connectivity index (χ1) is 17.0. The molecule has 0 saturated heterocycles. The standard InChI is InChI=1S/C33H35OP/c1-4-5-6-7-8-24-9-11-28(12-10-24)30-21-22-31(33(35)32(30)34)29-19-17-27(18-20-29)26-15-13-25(14-16-26)23(2)3/h5-6,9-23,34H,4,7-8,35H2,1-3H3/b6-5+. The van der Waals surface area contributed by atoms with Crippen LogP contribution < -0.4 is 5.30 Å². The molecular formula is C33H35OP. The lowest BCUT2D eigenvalue weighted by Crippen LogP contribution is -2.00. The van der Waals surface area contributed by atoms with E-state index >= 15 is 0 Å². The van der Waals surface area contributed by atoms with E-state index in [4.69, 9.17) is 0 Å². The molecule has 0 fully saturated rings. The monoisotopic (exact) mass is 478 g/mol. The molecule has 1 atom stereocenters. The first-order valence-corrected chi connectivity index (χ1v) is 13.1. The van der Waals surface area contributed by atoms with Gasteiger partial charge in [-0.15, -0.1) is 9.24 Å². The molecule has 0 saturated carbocycles. The maximum atomic E-state index is 11.0. The Morgan fingerprint density at radius 2 is 1.20 bits per heavy atom. The lowest BCUT2D eigenvalue weighted by Gasteiger charge is -2.14. The summed E-state index contributed by atoms with van der Waals surface area (Å²) in [6.07, 6.45) is 7.64. The van der Waals surface area contributed by atoms with Crippen molar-refractivity contribution in [2.24, 2.45) is 0 Å². The lowest BCUT2D eigenvalue weighted by molar-refractivity contribution is 0.482. The molecule has 1 N–H and O–H groups in total. The van der Waals surface area contributed by atoms with E-state index in [1.807, 2.05) is 6.07 Å². The number of aryl methyl sites for hydroxylation is 1. The van der Waals surface area contributed by atoms with Crippen molar-refractivity contribution in [3.8, 4) is 39.1 Å². The molecular weight excluding hydrogens is 443 g/mol. The zero-order valence-electron chi connectivity index (χ0n) is 21.0. The molecule has 0 aliphatic carbocycles. The van der Waals surface area contributed by atoms with Gasteiger partial charge in [-0.05, 0) is 70.2 Å². The Kier molecular flexibility index (Phi) is 8.21. The normalized spacial score (nSPS) is 11.5. The van der Waals surface area contributed by atoms with Crippen LogP contribution in [0.2, 0.25) is 0 Å². The molecule has 0 heterocycles. The molecule has 35 heavy (non-hydrogen) atoms. The molecule has 1 unspecified atom stereocenters. The number of allylic oxidation sites excluding steroid dienone is 2. The lowest BCUT2D eigenvalue weighted by atomic mass is 9.95. The zero-order chi connectivity index (χ0) is 24.8. The molecule has 0 spiro atoms. The maximum absolute atomic E-state index is 11.0. The number of phenolic OH excluding ortho intramolecular Hbond substituents is 1. The Bertz CT molecular complexity index is 1280. The first-order valence-electron chi connectivity index (χ1n) is 12.5. The van der Waals surface area contributed by atoms with Crippen LogP contribution in [0.5, 0.6) is 5.75 Å². The molecule has 4 aromatic carbocycles. The molecule has 0 radical (unpaired) electrons. The number of hydrogen-bond donors (Lipinski definition) is 1. The van der Waals surface area contributed by atoms with Gasteiger partial charge in [0, 0.05) is 10.9 Å². The highest BCUT2D eigenvalue weighted by atomic mass is 31.0. The number of phenols is 1. The average Bonchev–Trinajstić information content (AvgIpc) is 2.89. The number of aromatic hydroxyl groups is 1. The first kappa shape index (κ1) is 25.0. The fraction of sp³-hybridized carbons (Fsp3) is 0.212. The van der Waals surface area contributed by atoms with Crippen LogP contribution in [0, 0.1) is 0 Å². The van der Waals surface area contributed by atoms with Gasteiger partial charge in [-0.3, -0.25) is 0 Å². The predicted molar refractivity (Wildman–Crippen MR) is 156 cm³/mol. The third-order valence-electron chi connectivity index (χ3n) is 6.59. The van der Waals surface area contributed by atoms with Gasteiger partial charge in [0.2, 0.25) is 0 Å². The van der Waals surface area contributed by atoms with Crippen LogP contribution in [-0.4, -0.2) is 5.11 Å². The summed E-state index contributed by atoms with van der Waals surface area (Å²) in [5.74, 6) is 0.855. The largest absolute Gasteiger partial charge is 0.507 e. The summed E-state index contributed by atoms with van der Waals surface area (Å²) in [7, 11) is 2.74. The van der Waals surface area contributed by atoms with Gasteiger partial charge in [0.15, 0.2) is 0 Å². The molecule has 0 aliphatic heterocycles. The number of rotatable bonds is 8. The fourth-order valence-corrected chi connectivity index (χ4v) is 4.80. The Morgan fingerprint density at radius 3 is 1.80 bits per heavy atom. The van der Waals surface area contributed by atoms with Gasteiger partial charge in [-0.25, -0.2) is 0 Å². The van der Waals surface area contributed by atoms with Crippen molar-refractivity contribution < 1.29 is 5.11 Å². The summed E-state index contributed by atoms with van der Waals surface area (Å²) in [4.78, 5) is 0. The number of hydrogen-bond acceptors (Lipinski definition) is 1. The smallest absolute Gasteiger partial charge is 0.131 e. The summed E-state index contributed by atoms with van der Waals surface area (Å²) in [6, 6.07) is 30.1. The highest BCUT2D eigenvalue weighted by Crippen LogP contribution is 2.34. The highest BCUT2D eigenvalue weighted by Gasteiger charge is 2.13. The van der Waals surface area contributed by atoms with Crippen LogP contribution in [0.4, 0.5) is 0 Å². The van der Waals surface area contributed by atoms with Crippen molar-refractivity contribution in [3.63, 3.8) is 0 Å². The van der Waals surface area contributed by atoms with E-state index in [2.05, 4.69) is 121 Å². The molecule has 0 bridgehead atoms. The second kappa shape index (κ2) is 11.5. The summed E-state index contributed by atoms with van der Waals surface area (Å²) in [6.45, 7) is 6.59.